The zero-order chi connectivity index (χ0) is 44.1. The number of nitrogens with zero attached hydrogens (tertiary/aromatic N) is 6. The van der Waals surface area contributed by atoms with Crippen LogP contribution >= 0.6 is 0 Å². The molecule has 0 aliphatic heterocycles. The van der Waals surface area contributed by atoms with Crippen LogP contribution in [0.5, 0.6) is 0 Å². The van der Waals surface area contributed by atoms with Crippen molar-refractivity contribution in [2.24, 2.45) is 5.73 Å². The second-order valence-electron chi connectivity index (χ2n) is 13.2. The summed E-state index contributed by atoms with van der Waals surface area (Å²) >= 11 is 0. The highest BCUT2D eigenvalue weighted by molar-refractivity contribution is 5.95. The summed E-state index contributed by atoms with van der Waals surface area (Å²) in [5, 5.41) is 31.6. The quantitative estimate of drug-likeness (QED) is 0.0641. The first-order valence-electron chi connectivity index (χ1n) is 18.7. The lowest BCUT2D eigenvalue weighted by Crippen LogP contribution is -2.30. The number of aromatic amines is 1. The maximum atomic E-state index is 12.3. The molecule has 1 heterocycles. The number of nitrogens with two attached hydrogens (primary N) is 3. The summed E-state index contributed by atoms with van der Waals surface area (Å²) in [6.07, 6.45) is 1.22. The van der Waals surface area contributed by atoms with E-state index in [0.29, 0.717) is 46.7 Å². The van der Waals surface area contributed by atoms with Gasteiger partial charge in [0, 0.05) is 41.7 Å². The maximum absolute atomic E-state index is 12.3. The minimum atomic E-state index is -0.559. The molecule has 0 unspecified atom stereocenters. The second-order valence-corrected chi connectivity index (χ2v) is 13.2. The van der Waals surface area contributed by atoms with E-state index in [4.69, 9.17) is 27.7 Å². The topological polar surface area (TPSA) is 257 Å². The summed E-state index contributed by atoms with van der Waals surface area (Å²) in [7, 11) is 0. The Hall–Kier alpha value is -8.82. The summed E-state index contributed by atoms with van der Waals surface area (Å²) < 4.78 is 1.23. The first-order chi connectivity index (χ1) is 29.4. The molecule has 0 saturated heterocycles. The van der Waals surface area contributed by atoms with Crippen LogP contribution in [0.25, 0.3) is 39.1 Å². The van der Waals surface area contributed by atoms with E-state index in [9.17, 15) is 24.5 Å². The minimum Gasteiger partial charge on any atom is -0.398 e. The molecule has 15 heteroatoms. The van der Waals surface area contributed by atoms with Gasteiger partial charge in [0.1, 0.15) is 24.2 Å². The van der Waals surface area contributed by atoms with Crippen molar-refractivity contribution in [3.05, 3.63) is 183 Å². The Kier molecular flexibility index (Phi) is 14.2. The highest BCUT2D eigenvalue weighted by Gasteiger charge is 2.18. The average Bonchev–Trinajstić information content (AvgIpc) is 3.73. The molecule has 0 bridgehead atoms. The van der Waals surface area contributed by atoms with Gasteiger partial charge in [-0.15, -0.1) is 0 Å². The number of aromatic nitrogens is 3. The van der Waals surface area contributed by atoms with Gasteiger partial charge in [-0.05, 0) is 102 Å². The Balaban J connectivity index is 0.000000174. The first kappa shape index (κ1) is 43.3. The Labute approximate surface area is 350 Å². The number of H-pyrrole nitrogens is 1. The number of benzene rings is 6. The minimum absolute atomic E-state index is 0.0339. The number of rotatable bonds is 9. The van der Waals surface area contributed by atoms with Crippen molar-refractivity contribution in [3.8, 4) is 51.2 Å². The molecule has 7 N–H and O–H groups in total. The Morgan fingerprint density at radius 3 is 1.61 bits per heavy atom. The largest absolute Gasteiger partial charge is 0.398 e. The van der Waals surface area contributed by atoms with Crippen LogP contribution in [-0.2, 0) is 0 Å². The van der Waals surface area contributed by atoms with Crippen molar-refractivity contribution >= 4 is 28.9 Å². The molecule has 61 heavy (non-hydrogen) atoms. The molecule has 304 valence electrons. The third-order valence-corrected chi connectivity index (χ3v) is 9.41. The lowest BCUT2D eigenvalue weighted by Gasteiger charge is -2.18. The van der Waals surface area contributed by atoms with Crippen LogP contribution in [0.3, 0.4) is 0 Å². The number of hydrogen-bond donors (Lipinski definition) is 4. The smallest absolute Gasteiger partial charge is 0.361 e. The number of nitro benzene ring substituents is 1. The predicted octanol–water partition coefficient (Wildman–Crippen LogP) is 7.33. The Morgan fingerprint density at radius 1 is 0.705 bits per heavy atom. The molecule has 0 fully saturated rings. The molecule has 7 aromatic rings. The Bertz CT molecular complexity index is 2820. The summed E-state index contributed by atoms with van der Waals surface area (Å²) in [5.74, 6) is -0.428. The van der Waals surface area contributed by atoms with Gasteiger partial charge in [-0.25, -0.2) is 14.6 Å². The molecule has 0 aliphatic rings. The third-order valence-electron chi connectivity index (χ3n) is 9.41. The van der Waals surface area contributed by atoms with Crippen LogP contribution in [-0.4, -0.2) is 49.5 Å². The van der Waals surface area contributed by atoms with Gasteiger partial charge in [0.15, 0.2) is 0 Å². The van der Waals surface area contributed by atoms with Crippen molar-refractivity contribution in [2.75, 3.05) is 24.6 Å². The number of nitrogens with one attached hydrogen (secondary N) is 1. The van der Waals surface area contributed by atoms with E-state index in [2.05, 4.69) is 16.2 Å². The van der Waals surface area contributed by atoms with Gasteiger partial charge in [0.25, 0.3) is 11.6 Å². The van der Waals surface area contributed by atoms with E-state index in [1.807, 2.05) is 86.6 Å². The molecule has 1 aromatic heterocycles. The number of primary amides is 1. The zero-order valence-corrected chi connectivity index (χ0v) is 33.1. The number of nitriles is 2. The summed E-state index contributed by atoms with van der Waals surface area (Å²) in [4.78, 5) is 50.4. The summed E-state index contributed by atoms with van der Waals surface area (Å²) in [5.41, 5.74) is 24.3. The maximum Gasteiger partial charge on any atom is 0.361 e. The number of hydrogen-bond acceptors (Lipinski definition) is 10. The second kappa shape index (κ2) is 20.0. The van der Waals surface area contributed by atoms with Crippen molar-refractivity contribution in [2.45, 2.75) is 13.8 Å². The fourth-order valence-corrected chi connectivity index (χ4v) is 6.07. The van der Waals surface area contributed by atoms with Gasteiger partial charge < -0.3 is 22.1 Å². The number of nitrogen functional groups attached to an aromatic ring is 2. The van der Waals surface area contributed by atoms with E-state index in [-0.39, 0.29) is 17.3 Å². The van der Waals surface area contributed by atoms with Crippen molar-refractivity contribution < 1.29 is 14.5 Å². The molecule has 2 amide bonds. The molecule has 7 rings (SSSR count). The molecule has 0 radical (unpaired) electrons. The van der Waals surface area contributed by atoms with Crippen LogP contribution < -0.4 is 22.9 Å². The fraction of sp³-hybridized carbons (Fsp3) is 0.0870. The average molecular weight is 813 g/mol. The van der Waals surface area contributed by atoms with Crippen molar-refractivity contribution in [3.63, 3.8) is 0 Å². The molecule has 0 atom stereocenters. The van der Waals surface area contributed by atoms with Gasteiger partial charge in [-0.2, -0.15) is 15.5 Å². The highest BCUT2D eigenvalue weighted by Crippen LogP contribution is 2.29. The van der Waals surface area contributed by atoms with Crippen LogP contribution in [0.15, 0.2) is 145 Å². The number of carbonyl (C=O) groups is 2. The van der Waals surface area contributed by atoms with Crippen molar-refractivity contribution in [1.29, 1.82) is 10.5 Å². The van der Waals surface area contributed by atoms with Crippen molar-refractivity contribution in [1.82, 2.24) is 19.7 Å². The number of anilines is 2. The van der Waals surface area contributed by atoms with Crippen LogP contribution in [0.1, 0.15) is 45.7 Å². The zero-order valence-electron chi connectivity index (χ0n) is 33.1. The van der Waals surface area contributed by atoms with Crippen LogP contribution in [0.4, 0.5) is 17.1 Å². The predicted molar refractivity (Wildman–Crippen MR) is 234 cm³/mol. The highest BCUT2D eigenvalue weighted by atomic mass is 16.6. The normalized spacial score (nSPS) is 10.1. The molecular formula is C46H40N10O5. The SMILES string of the molecule is CCN(CC)C(=O)c1ccc(-c2ccc(N)c(C#N)c2)cc1.N#Cc1cc(-c2ccc(C(N)=O)cc2)ccc1N.O=c1ncn(-c2ccc(-c3ccccc3)cc2[N+](=O)[O-])[nH]1. The van der Waals surface area contributed by atoms with Crippen LogP contribution in [0.2, 0.25) is 0 Å². The van der Waals surface area contributed by atoms with Gasteiger partial charge >= 0.3 is 5.69 Å². The molecule has 6 aromatic carbocycles. The lowest BCUT2D eigenvalue weighted by molar-refractivity contribution is -0.384. The van der Waals surface area contributed by atoms with E-state index >= 15 is 0 Å². The van der Waals surface area contributed by atoms with E-state index in [1.165, 1.54) is 17.1 Å². The van der Waals surface area contributed by atoms with E-state index in [0.717, 1.165) is 33.4 Å². The van der Waals surface area contributed by atoms with Gasteiger partial charge in [0.2, 0.25) is 5.91 Å². The van der Waals surface area contributed by atoms with Gasteiger partial charge in [-0.3, -0.25) is 19.7 Å². The number of nitro groups is 1. The third kappa shape index (κ3) is 10.8. The monoisotopic (exact) mass is 812 g/mol. The summed E-state index contributed by atoms with van der Waals surface area (Å²) in [6, 6.07) is 43.2. The van der Waals surface area contributed by atoms with E-state index in [1.54, 1.807) is 65.6 Å². The number of amides is 2. The number of carbonyl (C=O) groups excluding carboxylic acids is 2. The first-order valence-corrected chi connectivity index (χ1v) is 18.7. The molecular weight excluding hydrogens is 773 g/mol. The molecule has 0 spiro atoms. The molecule has 15 nitrogen and oxygen atoms in total. The fourth-order valence-electron chi connectivity index (χ4n) is 6.07. The standard InChI is InChI=1S/C18H19N3O.C14H10N4O3.C14H11N3O/c1-3-21(4-2)18(22)14-7-5-13(6-8-14)15-9-10-17(20)16(11-15)12-19;19-14-15-9-17(16-14)12-7-6-11(8-13(12)18(20)21)10-4-2-1-3-5-10;15-8-12-7-11(5-6-13(12)16)9-1-3-10(4-2-9)14(17)18/h5-11H,3-4,20H2,1-2H3;1-9H,(H,16,19);1-7H,16H2,(H2,17,18). The summed E-state index contributed by atoms with van der Waals surface area (Å²) in [6.45, 7) is 5.32. The van der Waals surface area contributed by atoms with E-state index < -0.39 is 16.5 Å². The molecule has 0 aliphatic carbocycles. The van der Waals surface area contributed by atoms with Gasteiger partial charge in [-0.1, -0.05) is 72.8 Å². The van der Waals surface area contributed by atoms with Crippen LogP contribution in [0, 0.1) is 32.8 Å². The van der Waals surface area contributed by atoms with Gasteiger partial charge in [0.05, 0.1) is 16.1 Å². The lowest BCUT2D eigenvalue weighted by atomic mass is 10.0. The Morgan fingerprint density at radius 2 is 1.16 bits per heavy atom. The molecule has 0 saturated carbocycles.